The minimum absolute atomic E-state index is 0.331. The number of benzene rings is 2. The lowest BCUT2D eigenvalue weighted by atomic mass is 10.1. The molecule has 2 aromatic carbocycles. The molecule has 1 unspecified atom stereocenters. The van der Waals surface area contributed by atoms with Gasteiger partial charge in [-0.05, 0) is 55.7 Å². The van der Waals surface area contributed by atoms with Crippen LogP contribution in [0.25, 0.3) is 21.7 Å². The van der Waals surface area contributed by atoms with Gasteiger partial charge in [0.15, 0.2) is 11.9 Å². The molecule has 0 aliphatic heterocycles. The first-order valence-electron chi connectivity index (χ1n) is 12.6. The fourth-order valence-corrected chi connectivity index (χ4v) is 5.09. The van der Waals surface area contributed by atoms with Crippen molar-refractivity contribution in [3.05, 3.63) is 82.4 Å². The Morgan fingerprint density at radius 2 is 1.71 bits per heavy atom. The second kappa shape index (κ2) is 13.4. The summed E-state index contributed by atoms with van der Waals surface area (Å²) in [5.41, 5.74) is 5.11. The van der Waals surface area contributed by atoms with E-state index >= 15 is 0 Å². The maximum atomic E-state index is 12.1. The summed E-state index contributed by atoms with van der Waals surface area (Å²) < 4.78 is 27.2. The average Bonchev–Trinajstić information content (AvgIpc) is 3.55. The number of ether oxygens (including phenoxy) is 4. The van der Waals surface area contributed by atoms with Crippen LogP contribution in [-0.4, -0.2) is 37.6 Å². The van der Waals surface area contributed by atoms with E-state index in [0.29, 0.717) is 38.6 Å². The normalized spacial score (nSPS) is 11.9. The van der Waals surface area contributed by atoms with Gasteiger partial charge in [-0.3, -0.25) is 0 Å². The zero-order valence-corrected chi connectivity index (χ0v) is 23.0. The van der Waals surface area contributed by atoms with Gasteiger partial charge in [0.05, 0.1) is 6.61 Å². The molecule has 2 heterocycles. The Morgan fingerprint density at radius 1 is 0.974 bits per heavy atom. The Hall–Kier alpha value is -3.46. The number of thiophene rings is 1. The topological polar surface area (TPSA) is 80.0 Å². The maximum Gasteiger partial charge on any atom is 0.335 e. The number of methoxy groups -OCH3 is 1. The third-order valence-corrected chi connectivity index (χ3v) is 7.22. The van der Waals surface area contributed by atoms with Crippen LogP contribution in [0.15, 0.2) is 65.2 Å². The Kier molecular flexibility index (Phi) is 9.70. The standard InChI is InChI=1S/C30H33NO6S/c1-5-34-27(30(32)35-6-2)16-21-7-13-24(14-8-21)36-19-29-20(3)15-28(38-29)23-11-9-22(10-12-23)26-17-25(18-33-4)37-31-26/h7-15,17,27H,5-6,16,18-19H2,1-4H3. The molecule has 4 rings (SSSR count). The predicted molar refractivity (Wildman–Crippen MR) is 147 cm³/mol. The molecule has 0 N–H and O–H groups in total. The van der Waals surface area contributed by atoms with Crippen LogP contribution in [0.1, 0.15) is 35.6 Å². The number of nitrogens with zero attached hydrogens (tertiary/aromatic N) is 1. The first kappa shape index (κ1) is 27.6. The van der Waals surface area contributed by atoms with E-state index in [9.17, 15) is 4.79 Å². The molecule has 200 valence electrons. The highest BCUT2D eigenvalue weighted by Crippen LogP contribution is 2.33. The molecule has 0 aliphatic rings. The van der Waals surface area contributed by atoms with Crippen molar-refractivity contribution in [2.24, 2.45) is 0 Å². The molecule has 8 heteroatoms. The zero-order chi connectivity index (χ0) is 26.9. The van der Waals surface area contributed by atoms with Gasteiger partial charge in [-0.15, -0.1) is 11.3 Å². The van der Waals surface area contributed by atoms with Crippen molar-refractivity contribution in [1.82, 2.24) is 5.16 Å². The zero-order valence-electron chi connectivity index (χ0n) is 22.2. The molecule has 0 bridgehead atoms. The number of esters is 1. The fourth-order valence-electron chi connectivity index (χ4n) is 4.00. The molecule has 2 aromatic heterocycles. The van der Waals surface area contributed by atoms with E-state index in [4.69, 9.17) is 23.5 Å². The highest BCUT2D eigenvalue weighted by Gasteiger charge is 2.20. The second-order valence-corrected chi connectivity index (χ2v) is 9.88. The lowest BCUT2D eigenvalue weighted by Crippen LogP contribution is -2.28. The number of carbonyl (C=O) groups is 1. The van der Waals surface area contributed by atoms with Crippen molar-refractivity contribution in [2.45, 2.75) is 46.5 Å². The predicted octanol–water partition coefficient (Wildman–Crippen LogP) is 6.61. The van der Waals surface area contributed by atoms with Crippen LogP contribution in [0.5, 0.6) is 5.75 Å². The van der Waals surface area contributed by atoms with E-state index in [1.54, 1.807) is 25.4 Å². The van der Waals surface area contributed by atoms with Gasteiger partial charge >= 0.3 is 5.97 Å². The number of rotatable bonds is 13. The first-order chi connectivity index (χ1) is 18.5. The quantitative estimate of drug-likeness (QED) is 0.178. The summed E-state index contributed by atoms with van der Waals surface area (Å²) in [6.07, 6.45) is -0.138. The van der Waals surface area contributed by atoms with Crippen LogP contribution in [0, 0.1) is 6.92 Å². The van der Waals surface area contributed by atoms with E-state index in [0.717, 1.165) is 28.1 Å². The summed E-state index contributed by atoms with van der Waals surface area (Å²) in [5, 5.41) is 4.13. The molecule has 0 radical (unpaired) electrons. The summed E-state index contributed by atoms with van der Waals surface area (Å²) >= 11 is 1.73. The average molecular weight is 536 g/mol. The minimum atomic E-state index is -0.600. The molecule has 0 aliphatic carbocycles. The maximum absolute atomic E-state index is 12.1. The molecule has 0 amide bonds. The molecule has 0 saturated heterocycles. The second-order valence-electron chi connectivity index (χ2n) is 8.74. The number of hydrogen-bond donors (Lipinski definition) is 0. The van der Waals surface area contributed by atoms with Crippen molar-refractivity contribution in [1.29, 1.82) is 0 Å². The number of aromatic nitrogens is 1. The van der Waals surface area contributed by atoms with E-state index < -0.39 is 6.10 Å². The van der Waals surface area contributed by atoms with Crippen LogP contribution in [0.2, 0.25) is 0 Å². The van der Waals surface area contributed by atoms with Gasteiger partial charge in [-0.2, -0.15) is 0 Å². The Balaban J connectivity index is 1.36. The van der Waals surface area contributed by atoms with Gasteiger partial charge in [0, 0.05) is 41.5 Å². The summed E-state index contributed by atoms with van der Waals surface area (Å²) in [4.78, 5) is 14.5. The molecular formula is C30H33NO6S. The summed E-state index contributed by atoms with van der Waals surface area (Å²) in [5.74, 6) is 1.14. The number of carbonyl (C=O) groups excluding carboxylic acids is 1. The van der Waals surface area contributed by atoms with E-state index in [-0.39, 0.29) is 5.97 Å². The Labute approximate surface area is 227 Å². The van der Waals surface area contributed by atoms with Crippen molar-refractivity contribution in [3.8, 4) is 27.4 Å². The SMILES string of the molecule is CCOC(=O)C(Cc1ccc(OCc2sc(-c3ccc(-c4cc(COC)on4)cc3)cc2C)cc1)OCC. The summed E-state index contributed by atoms with van der Waals surface area (Å²) in [7, 11) is 1.63. The van der Waals surface area contributed by atoms with Crippen LogP contribution in [-0.2, 0) is 38.6 Å². The third kappa shape index (κ3) is 7.10. The monoisotopic (exact) mass is 535 g/mol. The Morgan fingerprint density at radius 3 is 2.39 bits per heavy atom. The van der Waals surface area contributed by atoms with Crippen LogP contribution in [0.4, 0.5) is 0 Å². The third-order valence-electron chi connectivity index (χ3n) is 5.96. The fraction of sp³-hybridized carbons (Fsp3) is 0.333. The van der Waals surface area contributed by atoms with Gasteiger partial charge in [0.1, 0.15) is 24.7 Å². The molecule has 1 atom stereocenters. The number of aryl methyl sites for hydroxylation is 1. The van der Waals surface area contributed by atoms with Crippen molar-refractivity contribution >= 4 is 17.3 Å². The van der Waals surface area contributed by atoms with Gasteiger partial charge < -0.3 is 23.5 Å². The lowest BCUT2D eigenvalue weighted by molar-refractivity contribution is -0.156. The van der Waals surface area contributed by atoms with Gasteiger partial charge in [-0.1, -0.05) is 41.6 Å². The highest BCUT2D eigenvalue weighted by molar-refractivity contribution is 7.15. The summed E-state index contributed by atoms with van der Waals surface area (Å²) in [6.45, 7) is 7.44. The highest BCUT2D eigenvalue weighted by atomic mass is 32.1. The Bertz CT molecular complexity index is 1310. The molecule has 38 heavy (non-hydrogen) atoms. The molecule has 7 nitrogen and oxygen atoms in total. The van der Waals surface area contributed by atoms with E-state index in [1.807, 2.05) is 37.3 Å². The van der Waals surface area contributed by atoms with Crippen LogP contribution < -0.4 is 4.74 Å². The van der Waals surface area contributed by atoms with Crippen LogP contribution in [0.3, 0.4) is 0 Å². The van der Waals surface area contributed by atoms with Crippen molar-refractivity contribution in [3.63, 3.8) is 0 Å². The summed E-state index contributed by atoms with van der Waals surface area (Å²) in [6, 6.07) is 20.2. The molecule has 0 spiro atoms. The van der Waals surface area contributed by atoms with Crippen molar-refractivity contribution in [2.75, 3.05) is 20.3 Å². The van der Waals surface area contributed by atoms with Crippen LogP contribution >= 0.6 is 11.3 Å². The van der Waals surface area contributed by atoms with E-state index in [2.05, 4.69) is 42.4 Å². The van der Waals surface area contributed by atoms with Gasteiger partial charge in [0.2, 0.25) is 0 Å². The van der Waals surface area contributed by atoms with Gasteiger partial charge in [0.25, 0.3) is 0 Å². The largest absolute Gasteiger partial charge is 0.488 e. The van der Waals surface area contributed by atoms with Crippen molar-refractivity contribution < 1.29 is 28.3 Å². The first-order valence-corrected chi connectivity index (χ1v) is 13.5. The minimum Gasteiger partial charge on any atom is -0.488 e. The lowest BCUT2D eigenvalue weighted by Gasteiger charge is -2.15. The molecular weight excluding hydrogens is 502 g/mol. The smallest absolute Gasteiger partial charge is 0.335 e. The molecule has 0 fully saturated rings. The van der Waals surface area contributed by atoms with Gasteiger partial charge in [-0.25, -0.2) is 4.79 Å². The number of hydrogen-bond acceptors (Lipinski definition) is 8. The molecule has 0 saturated carbocycles. The molecule has 4 aromatic rings. The van der Waals surface area contributed by atoms with E-state index in [1.165, 1.54) is 15.3 Å².